The predicted octanol–water partition coefficient (Wildman–Crippen LogP) is 2.28. The molecule has 2 rings (SSSR count). The Morgan fingerprint density at radius 3 is 2.89 bits per heavy atom. The molecule has 0 radical (unpaired) electrons. The highest BCUT2D eigenvalue weighted by molar-refractivity contribution is 5.65. The molecule has 0 spiro atoms. The van der Waals surface area contributed by atoms with Gasteiger partial charge < -0.3 is 5.73 Å². The SMILES string of the molecule is CCC(C)Cn1nnnc1-c1cc(N)ccc1C. The maximum atomic E-state index is 5.83. The number of tetrazole rings is 1. The van der Waals surface area contributed by atoms with Gasteiger partial charge in [-0.2, -0.15) is 0 Å². The summed E-state index contributed by atoms with van der Waals surface area (Å²) in [5.41, 5.74) is 8.70. The summed E-state index contributed by atoms with van der Waals surface area (Å²) in [5.74, 6) is 1.34. The second-order valence-corrected chi connectivity index (χ2v) is 4.77. The number of hydrogen-bond donors (Lipinski definition) is 1. The van der Waals surface area contributed by atoms with Crippen LogP contribution in [0.4, 0.5) is 5.69 Å². The van der Waals surface area contributed by atoms with Gasteiger partial charge in [-0.15, -0.1) is 5.10 Å². The topological polar surface area (TPSA) is 69.6 Å². The van der Waals surface area contributed by atoms with Crippen LogP contribution in [0.2, 0.25) is 0 Å². The first-order chi connectivity index (χ1) is 8.61. The first kappa shape index (κ1) is 12.5. The molecule has 0 aliphatic rings. The third-order valence-corrected chi connectivity index (χ3v) is 3.22. The van der Waals surface area contributed by atoms with Crippen LogP contribution in [0.3, 0.4) is 0 Å². The Balaban J connectivity index is 2.39. The standard InChI is InChI=1S/C13H19N5/c1-4-9(2)8-18-13(15-16-17-18)12-7-11(14)6-5-10(12)3/h5-7,9H,4,8,14H2,1-3H3. The number of anilines is 1. The molecule has 0 amide bonds. The van der Waals surface area contributed by atoms with Gasteiger partial charge in [-0.05, 0) is 41.0 Å². The number of benzene rings is 1. The van der Waals surface area contributed by atoms with Gasteiger partial charge in [-0.25, -0.2) is 4.68 Å². The number of nitrogens with two attached hydrogens (primary N) is 1. The third kappa shape index (κ3) is 2.50. The highest BCUT2D eigenvalue weighted by atomic mass is 15.5. The molecule has 18 heavy (non-hydrogen) atoms. The monoisotopic (exact) mass is 245 g/mol. The Kier molecular flexibility index (Phi) is 3.60. The zero-order valence-electron chi connectivity index (χ0n) is 11.1. The minimum absolute atomic E-state index is 0.550. The van der Waals surface area contributed by atoms with Crippen molar-refractivity contribution in [2.45, 2.75) is 33.7 Å². The summed E-state index contributed by atoms with van der Waals surface area (Å²) >= 11 is 0. The van der Waals surface area contributed by atoms with E-state index in [4.69, 9.17) is 5.73 Å². The van der Waals surface area contributed by atoms with E-state index in [1.165, 1.54) is 0 Å². The van der Waals surface area contributed by atoms with Gasteiger partial charge in [0.05, 0.1) is 0 Å². The van der Waals surface area contributed by atoms with Crippen LogP contribution in [0.5, 0.6) is 0 Å². The molecule has 0 saturated carbocycles. The van der Waals surface area contributed by atoms with E-state index in [0.29, 0.717) is 5.92 Å². The molecule has 1 heterocycles. The summed E-state index contributed by atoms with van der Waals surface area (Å²) < 4.78 is 1.86. The van der Waals surface area contributed by atoms with E-state index in [-0.39, 0.29) is 0 Å². The summed E-state index contributed by atoms with van der Waals surface area (Å²) in [6.07, 6.45) is 1.11. The molecule has 2 N–H and O–H groups in total. The molecule has 5 nitrogen and oxygen atoms in total. The molecule has 0 saturated heterocycles. The average molecular weight is 245 g/mol. The predicted molar refractivity (Wildman–Crippen MR) is 71.9 cm³/mol. The van der Waals surface area contributed by atoms with Crippen LogP contribution in [-0.2, 0) is 6.54 Å². The van der Waals surface area contributed by atoms with Crippen LogP contribution in [0, 0.1) is 12.8 Å². The highest BCUT2D eigenvalue weighted by Gasteiger charge is 2.13. The van der Waals surface area contributed by atoms with Crippen LogP contribution in [0.15, 0.2) is 18.2 Å². The van der Waals surface area contributed by atoms with Gasteiger partial charge in [-0.3, -0.25) is 0 Å². The molecule has 0 aliphatic carbocycles. The van der Waals surface area contributed by atoms with Crippen molar-refractivity contribution in [3.05, 3.63) is 23.8 Å². The maximum Gasteiger partial charge on any atom is 0.182 e. The van der Waals surface area contributed by atoms with E-state index in [9.17, 15) is 0 Å². The molecule has 1 unspecified atom stereocenters. The molecular formula is C13H19N5. The second-order valence-electron chi connectivity index (χ2n) is 4.77. The quantitative estimate of drug-likeness (QED) is 0.839. The fraction of sp³-hybridized carbons (Fsp3) is 0.462. The van der Waals surface area contributed by atoms with Crippen molar-refractivity contribution in [2.75, 3.05) is 5.73 Å². The van der Waals surface area contributed by atoms with E-state index in [1.54, 1.807) is 0 Å². The van der Waals surface area contributed by atoms with Gasteiger partial charge in [0, 0.05) is 17.8 Å². The van der Waals surface area contributed by atoms with Gasteiger partial charge in [-0.1, -0.05) is 26.3 Å². The van der Waals surface area contributed by atoms with Crippen LogP contribution >= 0.6 is 0 Å². The Bertz CT molecular complexity index is 532. The molecule has 1 aromatic carbocycles. The Hall–Kier alpha value is -1.91. The first-order valence-electron chi connectivity index (χ1n) is 6.24. The van der Waals surface area contributed by atoms with Crippen LogP contribution in [0.1, 0.15) is 25.8 Å². The molecule has 0 fully saturated rings. The largest absolute Gasteiger partial charge is 0.399 e. The molecular weight excluding hydrogens is 226 g/mol. The van der Waals surface area contributed by atoms with E-state index in [0.717, 1.165) is 35.6 Å². The molecule has 5 heteroatoms. The lowest BCUT2D eigenvalue weighted by Gasteiger charge is -2.11. The summed E-state index contributed by atoms with van der Waals surface area (Å²) in [5, 5.41) is 12.0. The zero-order valence-corrected chi connectivity index (χ0v) is 11.1. The normalized spacial score (nSPS) is 12.6. The van der Waals surface area contributed by atoms with Gasteiger partial charge in [0.15, 0.2) is 5.82 Å². The van der Waals surface area contributed by atoms with Gasteiger partial charge >= 0.3 is 0 Å². The van der Waals surface area contributed by atoms with E-state index in [2.05, 4.69) is 29.4 Å². The number of aryl methyl sites for hydroxylation is 1. The molecule has 96 valence electrons. The number of rotatable bonds is 4. The minimum Gasteiger partial charge on any atom is -0.399 e. The van der Waals surface area contributed by atoms with Crippen LogP contribution in [-0.4, -0.2) is 20.2 Å². The van der Waals surface area contributed by atoms with Crippen LogP contribution in [0.25, 0.3) is 11.4 Å². The average Bonchev–Trinajstić information content (AvgIpc) is 2.80. The number of hydrogen-bond acceptors (Lipinski definition) is 4. The molecule has 0 aliphatic heterocycles. The lowest BCUT2D eigenvalue weighted by Crippen LogP contribution is -2.10. The van der Waals surface area contributed by atoms with Crippen molar-refractivity contribution < 1.29 is 0 Å². The van der Waals surface area contributed by atoms with Crippen molar-refractivity contribution in [1.29, 1.82) is 0 Å². The Labute approximate surface area is 107 Å². The summed E-state index contributed by atoms with van der Waals surface area (Å²) in [4.78, 5) is 0. The van der Waals surface area contributed by atoms with Crippen LogP contribution < -0.4 is 5.73 Å². The van der Waals surface area contributed by atoms with Crippen molar-refractivity contribution in [2.24, 2.45) is 5.92 Å². The molecule has 0 bridgehead atoms. The summed E-state index contributed by atoms with van der Waals surface area (Å²) in [6, 6.07) is 5.81. The number of nitrogen functional groups attached to an aromatic ring is 1. The van der Waals surface area contributed by atoms with Crippen molar-refractivity contribution in [1.82, 2.24) is 20.2 Å². The van der Waals surface area contributed by atoms with Crippen molar-refractivity contribution >= 4 is 5.69 Å². The lowest BCUT2D eigenvalue weighted by atomic mass is 10.1. The number of nitrogens with zero attached hydrogens (tertiary/aromatic N) is 4. The summed E-state index contributed by atoms with van der Waals surface area (Å²) in [7, 11) is 0. The minimum atomic E-state index is 0.550. The summed E-state index contributed by atoms with van der Waals surface area (Å²) in [6.45, 7) is 7.22. The van der Waals surface area contributed by atoms with Gasteiger partial charge in [0.1, 0.15) is 0 Å². The van der Waals surface area contributed by atoms with E-state index < -0.39 is 0 Å². The van der Waals surface area contributed by atoms with Gasteiger partial charge in [0.25, 0.3) is 0 Å². The first-order valence-corrected chi connectivity index (χ1v) is 6.24. The maximum absolute atomic E-state index is 5.83. The Morgan fingerprint density at radius 1 is 1.39 bits per heavy atom. The zero-order chi connectivity index (χ0) is 13.1. The Morgan fingerprint density at radius 2 is 2.17 bits per heavy atom. The molecule has 1 atom stereocenters. The van der Waals surface area contributed by atoms with E-state index in [1.807, 2.05) is 29.8 Å². The molecule has 1 aromatic heterocycles. The van der Waals surface area contributed by atoms with Crippen molar-refractivity contribution in [3.8, 4) is 11.4 Å². The second kappa shape index (κ2) is 5.16. The fourth-order valence-corrected chi connectivity index (χ4v) is 1.83. The smallest absolute Gasteiger partial charge is 0.182 e. The highest BCUT2D eigenvalue weighted by Crippen LogP contribution is 2.23. The van der Waals surface area contributed by atoms with Gasteiger partial charge in [0.2, 0.25) is 0 Å². The number of aromatic nitrogens is 4. The van der Waals surface area contributed by atoms with Crippen molar-refractivity contribution in [3.63, 3.8) is 0 Å². The van der Waals surface area contributed by atoms with E-state index >= 15 is 0 Å². The fourth-order valence-electron chi connectivity index (χ4n) is 1.83. The third-order valence-electron chi connectivity index (χ3n) is 3.22. The molecule has 2 aromatic rings. The lowest BCUT2D eigenvalue weighted by molar-refractivity contribution is 0.434.